The van der Waals surface area contributed by atoms with E-state index in [0.717, 1.165) is 76.2 Å². The van der Waals surface area contributed by atoms with Crippen molar-refractivity contribution >= 4 is 91.7 Å². The quantitative estimate of drug-likeness (QED) is 0.0156. The molecule has 94 heavy (non-hydrogen) atoms. The monoisotopic (exact) mass is 1300 g/mol. The van der Waals surface area contributed by atoms with Crippen molar-refractivity contribution in [3.8, 4) is 11.1 Å². The van der Waals surface area contributed by atoms with Crippen molar-refractivity contribution < 1.29 is 57.7 Å². The summed E-state index contributed by atoms with van der Waals surface area (Å²) < 4.78 is 15.7. The summed E-state index contributed by atoms with van der Waals surface area (Å²) in [5, 5.41) is 29.6. The van der Waals surface area contributed by atoms with Crippen molar-refractivity contribution in [2.24, 2.45) is 22.0 Å². The van der Waals surface area contributed by atoms with Crippen molar-refractivity contribution in [2.75, 3.05) is 55.4 Å². The summed E-state index contributed by atoms with van der Waals surface area (Å²) in [7, 11) is 1.66. The Morgan fingerprint density at radius 3 is 2.37 bits per heavy atom. The third kappa shape index (κ3) is 13.9. The molecular weight excluding hydrogens is 1220 g/mol. The molecule has 0 saturated heterocycles. The van der Waals surface area contributed by atoms with Gasteiger partial charge in [-0.1, -0.05) is 68.2 Å². The number of rotatable bonds is 26. The predicted molar refractivity (Wildman–Crippen MR) is 350 cm³/mol. The molecule has 4 saturated carbocycles. The Hall–Kier alpha value is -9.82. The van der Waals surface area contributed by atoms with Crippen molar-refractivity contribution in [1.82, 2.24) is 45.5 Å². The number of nitrogens with two attached hydrogens (primary N) is 1. The average molecular weight is 1300 g/mol. The molecule has 0 spiro atoms. The van der Waals surface area contributed by atoms with Crippen molar-refractivity contribution in [3.05, 3.63) is 143 Å². The molecule has 26 heteroatoms. The number of urea groups is 1. The molecule has 3 aromatic heterocycles. The van der Waals surface area contributed by atoms with Gasteiger partial charge < -0.3 is 51.4 Å². The molecule has 25 nitrogen and oxygen atoms in total. The Kier molecular flexibility index (Phi) is 18.6. The minimum Gasteiger partial charge on any atom is -0.476 e. The molecule has 4 aliphatic carbocycles. The maximum atomic E-state index is 13.8. The van der Waals surface area contributed by atoms with Gasteiger partial charge >= 0.3 is 18.1 Å². The number of nitrogens with one attached hydrogen (secondary N) is 5. The van der Waals surface area contributed by atoms with Crippen LogP contribution < -0.4 is 37.2 Å². The number of para-hydroxylation sites is 1. The van der Waals surface area contributed by atoms with Gasteiger partial charge in [0, 0.05) is 93.0 Å². The Morgan fingerprint density at radius 2 is 1.64 bits per heavy atom. The van der Waals surface area contributed by atoms with Gasteiger partial charge in [-0.2, -0.15) is 5.10 Å². The van der Waals surface area contributed by atoms with Gasteiger partial charge in [0.15, 0.2) is 10.8 Å². The van der Waals surface area contributed by atoms with Crippen LogP contribution in [0.5, 0.6) is 0 Å². The molecule has 5 heterocycles. The maximum absolute atomic E-state index is 13.8. The SMILES string of the molecule is C=C(C)[C@H](NC(=O)CCN1C(=O)C=CC1=O)C(=O)N[C@@H](CCCNC(N)=O)C(=O)Nc1ccc(COC(=O)N(C)CCOC23CC4(C)CC(Cn5ncc(-c6ccc(N7CCc8cccc(C(=O)Nc9nc%10ccccc%10s9)c8C7)nc6C(=O)O)c5C)(CC2(C)C4)C3)cc1. The number of hydrogen-bond acceptors (Lipinski definition) is 16. The molecule has 12 rings (SSSR count). The second-order valence-electron chi connectivity index (χ2n) is 26.2. The lowest BCUT2D eigenvalue weighted by Gasteiger charge is -2.46. The van der Waals surface area contributed by atoms with Crippen LogP contribution in [-0.2, 0) is 59.6 Å². The number of pyridine rings is 1. The molecule has 8 N–H and O–H groups in total. The Labute approximate surface area is 546 Å². The number of amides is 9. The van der Waals surface area contributed by atoms with Gasteiger partial charge in [-0.05, 0) is 146 Å². The minimum atomic E-state index is -1.26. The lowest BCUT2D eigenvalue weighted by atomic mass is 9.60. The molecule has 4 unspecified atom stereocenters. The smallest absolute Gasteiger partial charge is 0.409 e. The van der Waals surface area contributed by atoms with Crippen LogP contribution >= 0.6 is 11.3 Å². The first-order valence-corrected chi connectivity index (χ1v) is 32.2. The van der Waals surface area contributed by atoms with E-state index in [1.165, 1.54) is 23.2 Å². The Morgan fingerprint density at radius 1 is 0.872 bits per heavy atom. The van der Waals surface area contributed by atoms with E-state index < -0.39 is 65.3 Å². The van der Waals surface area contributed by atoms with E-state index in [1.54, 1.807) is 43.6 Å². The van der Waals surface area contributed by atoms with Crippen LogP contribution in [0.25, 0.3) is 21.3 Å². The molecule has 492 valence electrons. The fourth-order valence-corrected chi connectivity index (χ4v) is 16.0. The van der Waals surface area contributed by atoms with E-state index in [9.17, 15) is 48.3 Å². The first-order valence-electron chi connectivity index (χ1n) is 31.4. The topological polar surface area (TPSA) is 332 Å². The van der Waals surface area contributed by atoms with Gasteiger partial charge in [-0.3, -0.25) is 43.7 Å². The number of imide groups is 1. The van der Waals surface area contributed by atoms with Gasteiger partial charge in [0.25, 0.3) is 17.7 Å². The molecule has 6 atom stereocenters. The largest absolute Gasteiger partial charge is 0.476 e. The number of aromatic nitrogens is 4. The number of carboxylic acid groups (broad SMARTS) is 1. The minimum absolute atomic E-state index is 0.0178. The highest BCUT2D eigenvalue weighted by atomic mass is 32.1. The van der Waals surface area contributed by atoms with E-state index in [-0.39, 0.29) is 85.5 Å². The fourth-order valence-electron chi connectivity index (χ4n) is 15.1. The lowest BCUT2D eigenvalue weighted by Crippen LogP contribution is -2.53. The number of carbonyl (C=O) groups excluding carboxylic acids is 8. The van der Waals surface area contributed by atoms with Gasteiger partial charge in [0.05, 0.1) is 28.6 Å². The molecule has 3 aromatic carbocycles. The number of benzene rings is 3. The van der Waals surface area contributed by atoms with Crippen LogP contribution in [0.1, 0.15) is 115 Å². The first-order chi connectivity index (χ1) is 44.8. The van der Waals surface area contributed by atoms with Crippen LogP contribution in [0.2, 0.25) is 0 Å². The van der Waals surface area contributed by atoms with E-state index in [2.05, 4.69) is 52.0 Å². The second-order valence-corrected chi connectivity index (χ2v) is 27.3. The number of carboxylic acids is 1. The highest BCUT2D eigenvalue weighted by molar-refractivity contribution is 7.22. The van der Waals surface area contributed by atoms with Gasteiger partial charge in [0.2, 0.25) is 17.7 Å². The molecule has 9 amide bonds. The highest BCUT2D eigenvalue weighted by Crippen LogP contribution is 2.77. The van der Waals surface area contributed by atoms with Crippen LogP contribution in [0.3, 0.4) is 0 Å². The van der Waals surface area contributed by atoms with Crippen molar-refractivity contribution in [3.63, 3.8) is 0 Å². The van der Waals surface area contributed by atoms with E-state index in [1.807, 2.05) is 65.0 Å². The number of aromatic carboxylic acids is 1. The van der Waals surface area contributed by atoms with E-state index in [0.29, 0.717) is 64.9 Å². The molecule has 6 aromatic rings. The number of anilines is 3. The number of ether oxygens (including phenoxy) is 2. The molecule has 4 bridgehead atoms. The third-order valence-electron chi connectivity index (χ3n) is 19.0. The predicted octanol–water partition coefficient (Wildman–Crippen LogP) is 7.64. The fraction of sp³-hybridized carbons (Fsp3) is 0.412. The molecule has 4 fully saturated rings. The maximum Gasteiger partial charge on any atom is 0.409 e. The summed E-state index contributed by atoms with van der Waals surface area (Å²) in [5.74, 6) is -4.00. The summed E-state index contributed by atoms with van der Waals surface area (Å²) in [5.41, 5.74) is 10.9. The van der Waals surface area contributed by atoms with E-state index in [4.69, 9.17) is 25.3 Å². The van der Waals surface area contributed by atoms with Crippen molar-refractivity contribution in [1.29, 1.82) is 0 Å². The molecule has 0 radical (unpaired) electrons. The van der Waals surface area contributed by atoms with Gasteiger partial charge in [-0.15, -0.1) is 0 Å². The van der Waals surface area contributed by atoms with Crippen molar-refractivity contribution in [2.45, 2.75) is 123 Å². The normalized spacial score (nSPS) is 21.4. The van der Waals surface area contributed by atoms with Gasteiger partial charge in [-0.25, -0.2) is 24.4 Å². The summed E-state index contributed by atoms with van der Waals surface area (Å²) in [4.78, 5) is 129. The number of likely N-dealkylation sites (N-methyl/N-ethyl adjacent to an activating group) is 1. The highest BCUT2D eigenvalue weighted by Gasteiger charge is 2.74. The first kappa shape index (κ1) is 65.7. The summed E-state index contributed by atoms with van der Waals surface area (Å²) >= 11 is 1.41. The number of primary amides is 1. The Balaban J connectivity index is 0.671. The van der Waals surface area contributed by atoms with Gasteiger partial charge in [0.1, 0.15) is 24.5 Å². The van der Waals surface area contributed by atoms with Crippen LogP contribution in [0.15, 0.2) is 109 Å². The average Bonchev–Trinajstić information content (AvgIpc) is 1.51. The summed E-state index contributed by atoms with van der Waals surface area (Å²) in [6, 6.07) is 20.5. The number of nitrogens with zero attached hydrogens (tertiary/aromatic N) is 7. The lowest BCUT2D eigenvalue weighted by molar-refractivity contribution is -0.137. The molecule has 6 aliphatic rings. The van der Waals surface area contributed by atoms with E-state index >= 15 is 0 Å². The van der Waals surface area contributed by atoms with Crippen LogP contribution in [-0.4, -0.2) is 146 Å². The molecule has 2 aliphatic heterocycles. The summed E-state index contributed by atoms with van der Waals surface area (Å²) in [6.45, 7) is 14.0. The third-order valence-corrected chi connectivity index (χ3v) is 20.0. The Bertz CT molecular complexity index is 4020. The molecular formula is C68H77N13O12S. The van der Waals surface area contributed by atoms with Crippen LogP contribution in [0.4, 0.5) is 26.2 Å². The second kappa shape index (κ2) is 26.7. The number of hydrogen-bond donors (Lipinski definition) is 7. The zero-order valence-corrected chi connectivity index (χ0v) is 54.0. The number of carbonyl (C=O) groups is 9. The summed E-state index contributed by atoms with van der Waals surface area (Å²) in [6.07, 6.45) is 8.67. The standard InChI is InChI=1S/C68H77N13O12S/c1-40(2)56(76-53(82)25-28-80-54(83)22-23-55(80)84)60(87)73-50(14-10-26-70-62(69)90)59(86)72-44-18-16-42(17-19-44)33-92-64(91)78(6)29-30-93-68-36-65(4)34-66(68,5)37-67(35-65,38-68)39-81-41(3)47(31-71-81)45-20-21-52(75-57(45)61(88)89)79-27-24-43-11-9-12-46(48(43)32-79)58(85)77-63-74-49-13-7-8-15-51(49)94-63/h7-9,11-13,15-23,31,50,56H,1,10,14,24-30,32-39H2,2-6H3,(H,72,86)(H,73,87)(H,76,82)(H,88,89)(H3,69,70,90)(H,74,77,85)/t50-,56-,65?,66?,67?,68?/m0/s1. The zero-order valence-electron chi connectivity index (χ0n) is 53.2. The zero-order chi connectivity index (χ0) is 66.9. The number of thiazole rings is 1. The number of fused-ring (bicyclic) bond motifs is 2. The van der Waals surface area contributed by atoms with Crippen LogP contribution in [0, 0.1) is 23.2 Å².